The Morgan fingerprint density at radius 2 is 2.31 bits per heavy atom. The van der Waals surface area contributed by atoms with Crippen molar-refractivity contribution < 1.29 is 19.8 Å². The highest BCUT2D eigenvalue weighted by Crippen LogP contribution is 2.23. The minimum absolute atomic E-state index is 0.00208. The Labute approximate surface area is 89.8 Å². The monoisotopic (exact) mass is 220 g/mol. The van der Waals surface area contributed by atoms with Crippen LogP contribution in [-0.2, 0) is 11.2 Å². The summed E-state index contributed by atoms with van der Waals surface area (Å²) in [4.78, 5) is 25.1. The lowest BCUT2D eigenvalue weighted by Gasteiger charge is -1.98. The zero-order valence-electron chi connectivity index (χ0n) is 8.12. The maximum atomic E-state index is 10.9. The number of aldehydes is 1. The molecule has 0 atom stereocenters. The molecule has 0 aliphatic carbocycles. The fourth-order valence-electron chi connectivity index (χ4n) is 1.55. The highest BCUT2D eigenvalue weighted by molar-refractivity contribution is 5.95. The molecule has 0 amide bonds. The predicted molar refractivity (Wildman–Crippen MR) is 53.6 cm³/mol. The Morgan fingerprint density at radius 1 is 1.56 bits per heavy atom. The van der Waals surface area contributed by atoms with E-state index in [9.17, 15) is 14.7 Å². The van der Waals surface area contributed by atoms with Crippen LogP contribution in [0.3, 0.4) is 0 Å². The molecule has 0 unspecified atom stereocenters. The molecule has 6 heteroatoms. The van der Waals surface area contributed by atoms with Crippen molar-refractivity contribution in [1.29, 1.82) is 0 Å². The van der Waals surface area contributed by atoms with E-state index in [1.165, 1.54) is 10.5 Å². The number of hydrogen-bond acceptors (Lipinski definition) is 4. The first-order valence-corrected chi connectivity index (χ1v) is 4.51. The summed E-state index contributed by atoms with van der Waals surface area (Å²) in [6.07, 6.45) is 2.18. The smallest absolute Gasteiger partial charge is 0.356 e. The lowest BCUT2D eigenvalue weighted by atomic mass is 10.3. The van der Waals surface area contributed by atoms with Crippen molar-refractivity contribution >= 4 is 17.8 Å². The lowest BCUT2D eigenvalue weighted by molar-refractivity contribution is -0.107. The average Bonchev–Trinajstić information content (AvgIpc) is 2.60. The zero-order chi connectivity index (χ0) is 11.7. The molecule has 0 spiro atoms. The van der Waals surface area contributed by atoms with Crippen molar-refractivity contribution in [3.63, 3.8) is 0 Å². The summed E-state index contributed by atoms with van der Waals surface area (Å²) in [6.45, 7) is 0. The molecule has 0 saturated heterocycles. The van der Waals surface area contributed by atoms with E-state index in [4.69, 9.17) is 5.11 Å². The second-order valence-corrected chi connectivity index (χ2v) is 3.16. The second kappa shape index (κ2) is 3.65. The van der Waals surface area contributed by atoms with E-state index < -0.39 is 5.97 Å². The van der Waals surface area contributed by atoms with Gasteiger partial charge < -0.3 is 15.0 Å². The van der Waals surface area contributed by atoms with E-state index >= 15 is 0 Å². The number of aromatic nitrogens is 2. The van der Waals surface area contributed by atoms with Gasteiger partial charge in [0, 0.05) is 6.20 Å². The number of fused-ring (bicyclic) bond motifs is 1. The summed E-state index contributed by atoms with van der Waals surface area (Å²) in [5.74, 6) is -1.13. The Bertz CT molecular complexity index is 573. The number of aromatic hydroxyl groups is 1. The number of carboxylic acid groups (broad SMARTS) is 1. The fraction of sp³-hybridized carbons (Fsp3) is 0.100. The molecular weight excluding hydrogens is 212 g/mol. The number of rotatable bonds is 3. The maximum absolute atomic E-state index is 10.9. The van der Waals surface area contributed by atoms with Crippen molar-refractivity contribution in [2.24, 2.45) is 0 Å². The molecular formula is C10H8N2O4. The number of imidazole rings is 1. The molecule has 2 aromatic heterocycles. The van der Waals surface area contributed by atoms with E-state index in [1.807, 2.05) is 0 Å². The topological polar surface area (TPSA) is 91.9 Å². The van der Waals surface area contributed by atoms with Crippen molar-refractivity contribution in [2.75, 3.05) is 0 Å². The van der Waals surface area contributed by atoms with Crippen molar-refractivity contribution in [1.82, 2.24) is 9.38 Å². The van der Waals surface area contributed by atoms with Crippen LogP contribution >= 0.6 is 0 Å². The summed E-state index contributed by atoms with van der Waals surface area (Å²) in [5, 5.41) is 18.5. The first-order chi connectivity index (χ1) is 7.65. The van der Waals surface area contributed by atoms with E-state index in [0.29, 0.717) is 12.1 Å². The summed E-state index contributed by atoms with van der Waals surface area (Å²) in [6, 6.07) is 2.91. The third kappa shape index (κ3) is 1.40. The number of carboxylic acids is 1. The molecule has 0 aliphatic heterocycles. The van der Waals surface area contributed by atoms with Crippen LogP contribution in [0, 0.1) is 0 Å². The standard InChI is InChI=1S/C10H8N2O4/c13-5-3-7-11-8(10(15)16)9-6(14)2-1-4-12(7)9/h1-2,4-5,14H,3H2,(H,15,16). The molecule has 2 aromatic rings. The van der Waals surface area contributed by atoms with Crippen LogP contribution in [0.2, 0.25) is 0 Å². The number of hydrogen-bond donors (Lipinski definition) is 2. The molecule has 0 saturated carbocycles. The number of aromatic carboxylic acids is 1. The van der Waals surface area contributed by atoms with Gasteiger partial charge in [-0.1, -0.05) is 0 Å². The fourth-order valence-corrected chi connectivity index (χ4v) is 1.55. The molecule has 0 fully saturated rings. The molecule has 0 bridgehead atoms. The largest absolute Gasteiger partial charge is 0.506 e. The van der Waals surface area contributed by atoms with Gasteiger partial charge in [0.2, 0.25) is 0 Å². The van der Waals surface area contributed by atoms with Crippen molar-refractivity contribution in [3.05, 3.63) is 29.8 Å². The van der Waals surface area contributed by atoms with Gasteiger partial charge >= 0.3 is 5.97 Å². The predicted octanol–water partition coefficient (Wildman–Crippen LogP) is 0.479. The van der Waals surface area contributed by atoms with Crippen LogP contribution in [0.5, 0.6) is 5.75 Å². The number of carbonyl (C=O) groups is 2. The third-order valence-corrected chi connectivity index (χ3v) is 2.18. The molecule has 2 heterocycles. The normalized spacial score (nSPS) is 10.5. The highest BCUT2D eigenvalue weighted by Gasteiger charge is 2.18. The second-order valence-electron chi connectivity index (χ2n) is 3.16. The molecule has 82 valence electrons. The van der Waals surface area contributed by atoms with Gasteiger partial charge in [-0.15, -0.1) is 0 Å². The van der Waals surface area contributed by atoms with Crippen LogP contribution in [0.25, 0.3) is 5.52 Å². The van der Waals surface area contributed by atoms with Crippen LogP contribution in [0.4, 0.5) is 0 Å². The first kappa shape index (κ1) is 10.2. The van der Waals surface area contributed by atoms with E-state index in [2.05, 4.69) is 4.98 Å². The summed E-state index contributed by atoms with van der Waals surface area (Å²) >= 11 is 0. The van der Waals surface area contributed by atoms with Crippen LogP contribution < -0.4 is 0 Å². The Hall–Kier alpha value is -2.37. The molecule has 2 N–H and O–H groups in total. The van der Waals surface area contributed by atoms with E-state index in [0.717, 1.165) is 0 Å². The van der Waals surface area contributed by atoms with Crippen LogP contribution in [-0.4, -0.2) is 31.9 Å². The SMILES string of the molecule is O=CCc1nc(C(=O)O)c2c(O)cccn12. The minimum Gasteiger partial charge on any atom is -0.506 e. The van der Waals surface area contributed by atoms with Gasteiger partial charge in [0.1, 0.15) is 23.4 Å². The van der Waals surface area contributed by atoms with Gasteiger partial charge in [0.05, 0.1) is 6.42 Å². The third-order valence-electron chi connectivity index (χ3n) is 2.18. The van der Waals surface area contributed by atoms with Gasteiger partial charge in [0.15, 0.2) is 5.69 Å². The number of carbonyl (C=O) groups excluding carboxylic acids is 1. The van der Waals surface area contributed by atoms with Crippen LogP contribution in [0.1, 0.15) is 16.3 Å². The molecule has 16 heavy (non-hydrogen) atoms. The van der Waals surface area contributed by atoms with Gasteiger partial charge in [-0.25, -0.2) is 9.78 Å². The zero-order valence-corrected chi connectivity index (χ0v) is 8.12. The molecule has 0 aromatic carbocycles. The maximum Gasteiger partial charge on any atom is 0.356 e. The number of pyridine rings is 1. The minimum atomic E-state index is -1.24. The summed E-state index contributed by atoms with van der Waals surface area (Å²) in [7, 11) is 0. The van der Waals surface area contributed by atoms with Gasteiger partial charge in [-0.2, -0.15) is 0 Å². The number of nitrogens with zero attached hydrogens (tertiary/aromatic N) is 2. The Kier molecular flexibility index (Phi) is 2.32. The van der Waals surface area contributed by atoms with Gasteiger partial charge in [0.25, 0.3) is 0 Å². The van der Waals surface area contributed by atoms with Crippen molar-refractivity contribution in [2.45, 2.75) is 6.42 Å². The molecule has 2 rings (SSSR count). The van der Waals surface area contributed by atoms with E-state index in [1.54, 1.807) is 12.3 Å². The van der Waals surface area contributed by atoms with E-state index in [-0.39, 0.29) is 23.4 Å². The summed E-state index contributed by atoms with van der Waals surface area (Å²) in [5.41, 5.74) is -0.151. The Morgan fingerprint density at radius 3 is 2.94 bits per heavy atom. The lowest BCUT2D eigenvalue weighted by Crippen LogP contribution is -1.97. The highest BCUT2D eigenvalue weighted by atomic mass is 16.4. The van der Waals surface area contributed by atoms with Crippen LogP contribution in [0.15, 0.2) is 18.3 Å². The summed E-state index contributed by atoms with van der Waals surface area (Å²) < 4.78 is 1.40. The molecule has 0 aliphatic rings. The first-order valence-electron chi connectivity index (χ1n) is 4.51. The molecule has 0 radical (unpaired) electrons. The molecule has 6 nitrogen and oxygen atoms in total. The van der Waals surface area contributed by atoms with Gasteiger partial charge in [-0.05, 0) is 12.1 Å². The average molecular weight is 220 g/mol. The van der Waals surface area contributed by atoms with Gasteiger partial charge in [-0.3, -0.25) is 4.40 Å². The van der Waals surface area contributed by atoms with Crippen molar-refractivity contribution in [3.8, 4) is 5.75 Å². The quantitative estimate of drug-likeness (QED) is 0.734. The Balaban J connectivity index is 2.81.